The van der Waals surface area contributed by atoms with Crippen molar-refractivity contribution in [1.29, 1.82) is 0 Å². The summed E-state index contributed by atoms with van der Waals surface area (Å²) in [4.78, 5) is 11.0. The average Bonchev–Trinajstić information content (AvgIpc) is 2.05. The van der Waals surface area contributed by atoms with E-state index in [1.54, 1.807) is 0 Å². The molecule has 1 aliphatic carbocycles. The Balaban J connectivity index is 2.30. The van der Waals surface area contributed by atoms with Gasteiger partial charge in [0.2, 0.25) is 0 Å². The van der Waals surface area contributed by atoms with E-state index in [0.717, 1.165) is 18.8 Å². The lowest BCUT2D eigenvalue weighted by atomic mass is 9.77. The molecule has 11 heavy (non-hydrogen) atoms. The lowest BCUT2D eigenvalue weighted by molar-refractivity contribution is -0.113. The van der Waals surface area contributed by atoms with Gasteiger partial charge in [-0.3, -0.25) is 4.79 Å². The van der Waals surface area contributed by atoms with Crippen LogP contribution < -0.4 is 0 Å². The van der Waals surface area contributed by atoms with Crippen LogP contribution in [0.1, 0.15) is 25.7 Å². The van der Waals surface area contributed by atoms with E-state index in [-0.39, 0.29) is 0 Å². The van der Waals surface area contributed by atoms with Crippen LogP contribution in [0.5, 0.6) is 0 Å². The molecule has 0 bridgehead atoms. The van der Waals surface area contributed by atoms with Crippen LogP contribution in [0.2, 0.25) is 6.32 Å². The predicted molar refractivity (Wildman–Crippen MR) is 57.8 cm³/mol. The molecule has 0 aliphatic heterocycles. The molecule has 0 aromatic carbocycles. The van der Waals surface area contributed by atoms with E-state index < -0.39 is 0 Å². The van der Waals surface area contributed by atoms with E-state index >= 15 is 0 Å². The fourth-order valence-electron chi connectivity index (χ4n) is 1.80. The monoisotopic (exact) mass is 264 g/mol. The van der Waals surface area contributed by atoms with Crippen LogP contribution in [0, 0.1) is 11.8 Å². The minimum absolute atomic E-state index is 0.372. The fraction of sp³-hybridized carbons (Fsp3) is 0.875. The van der Waals surface area contributed by atoms with Crippen LogP contribution in [-0.4, -0.2) is 11.6 Å². The first kappa shape index (κ1) is 9.55. The van der Waals surface area contributed by atoms with E-state index in [0.29, 0.717) is 9.71 Å². The van der Waals surface area contributed by atoms with E-state index in [4.69, 9.17) is 0 Å². The van der Waals surface area contributed by atoms with Crippen LogP contribution in [0.15, 0.2) is 0 Å². The summed E-state index contributed by atoms with van der Waals surface area (Å²) in [6.07, 6.45) is 6.12. The third-order valence-electron chi connectivity index (χ3n) is 2.75. The molecule has 1 fully saturated rings. The molecule has 0 heterocycles. The molecule has 0 atom stereocenters. The quantitative estimate of drug-likeness (QED) is 0.422. The summed E-state index contributed by atoms with van der Waals surface area (Å²) >= 11 is 1.94. The summed E-state index contributed by atoms with van der Waals surface area (Å²) in [6.45, 7) is 0. The van der Waals surface area contributed by atoms with Gasteiger partial charge in [0.1, 0.15) is 7.85 Å². The zero-order valence-electron chi connectivity index (χ0n) is 6.98. The average molecular weight is 264 g/mol. The molecule has 0 saturated heterocycles. The van der Waals surface area contributed by atoms with Crippen LogP contribution >= 0.6 is 22.6 Å². The molecule has 1 saturated carbocycles. The predicted octanol–water partition coefficient (Wildman–Crippen LogP) is 1.81. The Morgan fingerprint density at radius 1 is 1.36 bits per heavy atom. The SMILES string of the molecule is BCC1CCC(C(=O)I)CC1. The molecule has 62 valence electrons. The van der Waals surface area contributed by atoms with Gasteiger partial charge >= 0.3 is 0 Å². The van der Waals surface area contributed by atoms with Gasteiger partial charge in [0.05, 0.1) is 0 Å². The summed E-state index contributed by atoms with van der Waals surface area (Å²) in [5.41, 5.74) is 0. The van der Waals surface area contributed by atoms with Gasteiger partial charge in [0, 0.05) is 5.92 Å². The van der Waals surface area contributed by atoms with Crippen molar-refractivity contribution < 1.29 is 4.79 Å². The van der Waals surface area contributed by atoms with Gasteiger partial charge in [-0.05, 0) is 41.4 Å². The largest absolute Gasteiger partial charge is 0.287 e. The molecule has 1 aliphatic rings. The first-order valence-electron chi connectivity index (χ1n) is 4.43. The van der Waals surface area contributed by atoms with Crippen molar-refractivity contribution >= 4 is 34.2 Å². The first-order valence-corrected chi connectivity index (χ1v) is 5.51. The Hall–Kier alpha value is 0.465. The van der Waals surface area contributed by atoms with Crippen LogP contribution in [0.25, 0.3) is 0 Å². The number of carbonyl (C=O) groups excluding carboxylic acids is 1. The van der Waals surface area contributed by atoms with E-state index in [2.05, 4.69) is 7.85 Å². The highest BCUT2D eigenvalue weighted by molar-refractivity contribution is 14.1. The molecule has 1 rings (SSSR count). The van der Waals surface area contributed by atoms with Crippen molar-refractivity contribution in [1.82, 2.24) is 0 Å². The number of halogens is 1. The Kier molecular flexibility index (Phi) is 3.89. The second kappa shape index (κ2) is 4.48. The molecule has 0 aromatic rings. The van der Waals surface area contributed by atoms with E-state index in [1.807, 2.05) is 22.6 Å². The number of carbonyl (C=O) groups is 1. The molecule has 0 unspecified atom stereocenters. The van der Waals surface area contributed by atoms with Gasteiger partial charge in [-0.2, -0.15) is 0 Å². The summed E-state index contributed by atoms with van der Waals surface area (Å²) in [7, 11) is 2.25. The van der Waals surface area contributed by atoms with Crippen molar-refractivity contribution in [3.63, 3.8) is 0 Å². The molecule has 0 aromatic heterocycles. The van der Waals surface area contributed by atoms with Crippen molar-refractivity contribution in [3.8, 4) is 0 Å². The third-order valence-corrected chi connectivity index (χ3v) is 3.63. The second-order valence-corrected chi connectivity index (χ2v) is 4.49. The maximum Gasteiger partial charge on any atom is 0.195 e. The Morgan fingerprint density at radius 2 is 1.91 bits per heavy atom. The van der Waals surface area contributed by atoms with Crippen LogP contribution in [-0.2, 0) is 4.79 Å². The highest BCUT2D eigenvalue weighted by atomic mass is 127. The van der Waals surface area contributed by atoms with Crippen molar-refractivity contribution in [2.45, 2.75) is 32.0 Å². The van der Waals surface area contributed by atoms with Gasteiger partial charge in [0.25, 0.3) is 0 Å². The highest BCUT2D eigenvalue weighted by Crippen LogP contribution is 2.31. The highest BCUT2D eigenvalue weighted by Gasteiger charge is 2.23. The lowest BCUT2D eigenvalue weighted by Gasteiger charge is -2.25. The molecule has 0 radical (unpaired) electrons. The van der Waals surface area contributed by atoms with Gasteiger partial charge in [-0.1, -0.05) is 19.2 Å². The van der Waals surface area contributed by atoms with Gasteiger partial charge in [0.15, 0.2) is 3.79 Å². The molecule has 0 amide bonds. The van der Waals surface area contributed by atoms with Crippen molar-refractivity contribution in [3.05, 3.63) is 0 Å². The van der Waals surface area contributed by atoms with Gasteiger partial charge in [-0.15, -0.1) is 0 Å². The number of rotatable bonds is 2. The van der Waals surface area contributed by atoms with Crippen LogP contribution in [0.4, 0.5) is 0 Å². The molecule has 0 spiro atoms. The normalized spacial score (nSPS) is 31.7. The van der Waals surface area contributed by atoms with Crippen molar-refractivity contribution in [2.24, 2.45) is 11.8 Å². The summed E-state index contributed by atoms with van der Waals surface area (Å²) in [5, 5.41) is 0. The summed E-state index contributed by atoms with van der Waals surface area (Å²) in [5.74, 6) is 1.29. The fourth-order valence-corrected chi connectivity index (χ4v) is 2.42. The van der Waals surface area contributed by atoms with Gasteiger partial charge in [-0.25, -0.2) is 0 Å². The minimum atomic E-state index is 0.372. The maximum absolute atomic E-state index is 11.0. The van der Waals surface area contributed by atoms with E-state index in [9.17, 15) is 4.79 Å². The summed E-state index contributed by atoms with van der Waals surface area (Å²) < 4.78 is 0.372. The standard InChI is InChI=1S/C8H14BIO/c9-5-6-1-3-7(4-2-6)8(10)11/h6-7H,1-5,9H2. The molecular formula is C8H14BIO. The Labute approximate surface area is 82.9 Å². The smallest absolute Gasteiger partial charge is 0.195 e. The molecular weight excluding hydrogens is 250 g/mol. The third kappa shape index (κ3) is 2.77. The Morgan fingerprint density at radius 3 is 2.27 bits per heavy atom. The number of hydrogen-bond acceptors (Lipinski definition) is 1. The zero-order chi connectivity index (χ0) is 8.27. The maximum atomic E-state index is 11.0. The first-order chi connectivity index (χ1) is 5.24. The molecule has 1 nitrogen and oxygen atoms in total. The zero-order valence-corrected chi connectivity index (χ0v) is 9.13. The molecule has 3 heteroatoms. The number of hydrogen-bond donors (Lipinski definition) is 0. The van der Waals surface area contributed by atoms with Crippen molar-refractivity contribution in [2.75, 3.05) is 0 Å². The van der Waals surface area contributed by atoms with Crippen LogP contribution in [0.3, 0.4) is 0 Å². The van der Waals surface area contributed by atoms with Gasteiger partial charge < -0.3 is 0 Å². The van der Waals surface area contributed by atoms with E-state index in [1.165, 1.54) is 19.2 Å². The lowest BCUT2D eigenvalue weighted by Crippen LogP contribution is -2.18. The summed E-state index contributed by atoms with van der Waals surface area (Å²) in [6, 6.07) is 0. The minimum Gasteiger partial charge on any atom is -0.287 e. The Bertz CT molecular complexity index is 141. The topological polar surface area (TPSA) is 17.1 Å². The molecule has 0 N–H and O–H groups in total. The second-order valence-electron chi connectivity index (χ2n) is 3.43.